The van der Waals surface area contributed by atoms with Crippen LogP contribution in [0, 0.1) is 0 Å². The predicted molar refractivity (Wildman–Crippen MR) is 90.4 cm³/mol. The molecule has 0 amide bonds. The molecule has 3 heterocycles. The van der Waals surface area contributed by atoms with Crippen LogP contribution in [0.15, 0.2) is 48.2 Å². The zero-order valence-corrected chi connectivity index (χ0v) is 13.0. The molecule has 0 spiro atoms. The van der Waals surface area contributed by atoms with Crippen molar-refractivity contribution >= 4 is 22.4 Å². The monoisotopic (exact) mass is 335 g/mol. The summed E-state index contributed by atoms with van der Waals surface area (Å²) in [6, 6.07) is 13.3. The third-order valence-electron chi connectivity index (χ3n) is 4.44. The van der Waals surface area contributed by atoms with Crippen molar-refractivity contribution in [1.82, 2.24) is 4.98 Å². The number of esters is 1. The van der Waals surface area contributed by atoms with E-state index in [9.17, 15) is 9.90 Å². The highest BCUT2D eigenvalue weighted by Crippen LogP contribution is 2.43. The number of rotatable bonds is 2. The fourth-order valence-corrected chi connectivity index (χ4v) is 3.31. The van der Waals surface area contributed by atoms with Gasteiger partial charge >= 0.3 is 5.97 Å². The summed E-state index contributed by atoms with van der Waals surface area (Å²) in [7, 11) is 0. The molecule has 2 N–H and O–H groups in total. The Kier molecular flexibility index (Phi) is 2.82. The first-order chi connectivity index (χ1) is 12.2. The van der Waals surface area contributed by atoms with Gasteiger partial charge in [0, 0.05) is 17.0 Å². The zero-order valence-electron chi connectivity index (χ0n) is 13.0. The van der Waals surface area contributed by atoms with Gasteiger partial charge in [-0.25, -0.2) is 4.79 Å². The van der Waals surface area contributed by atoms with E-state index in [-0.39, 0.29) is 24.7 Å². The van der Waals surface area contributed by atoms with Crippen LogP contribution in [0.4, 0.5) is 0 Å². The summed E-state index contributed by atoms with van der Waals surface area (Å²) in [4.78, 5) is 15.6. The normalized spacial score (nSPS) is 15.9. The molecule has 6 nitrogen and oxygen atoms in total. The van der Waals surface area contributed by atoms with E-state index in [2.05, 4.69) is 4.98 Å². The number of aromatic amines is 1. The largest absolute Gasteiger partial charge is 0.508 e. The van der Waals surface area contributed by atoms with Crippen LogP contribution in [0.25, 0.3) is 27.7 Å². The molecule has 2 aliphatic rings. The summed E-state index contributed by atoms with van der Waals surface area (Å²) >= 11 is 0. The van der Waals surface area contributed by atoms with Gasteiger partial charge in [0.15, 0.2) is 11.5 Å². The van der Waals surface area contributed by atoms with Crippen LogP contribution in [-0.2, 0) is 9.53 Å². The van der Waals surface area contributed by atoms with Gasteiger partial charge < -0.3 is 24.3 Å². The summed E-state index contributed by atoms with van der Waals surface area (Å²) < 4.78 is 15.9. The minimum atomic E-state index is -0.534. The highest BCUT2D eigenvalue weighted by Gasteiger charge is 2.32. The minimum absolute atomic E-state index is 0.0688. The second-order valence-corrected chi connectivity index (χ2v) is 5.89. The number of aliphatic hydroxyl groups is 1. The van der Waals surface area contributed by atoms with Crippen molar-refractivity contribution in [2.45, 2.75) is 0 Å². The molecule has 25 heavy (non-hydrogen) atoms. The van der Waals surface area contributed by atoms with Gasteiger partial charge in [-0.05, 0) is 11.6 Å². The van der Waals surface area contributed by atoms with E-state index in [0.29, 0.717) is 17.1 Å². The maximum atomic E-state index is 12.2. The van der Waals surface area contributed by atoms with E-state index in [4.69, 9.17) is 14.2 Å². The zero-order chi connectivity index (χ0) is 17.0. The van der Waals surface area contributed by atoms with Gasteiger partial charge in [0.1, 0.15) is 17.9 Å². The number of ether oxygens (including phenoxy) is 3. The molecule has 1 aromatic heterocycles. The van der Waals surface area contributed by atoms with Crippen molar-refractivity contribution in [1.29, 1.82) is 0 Å². The molecule has 3 aromatic rings. The Labute approximate surface area is 142 Å². The first-order valence-electron chi connectivity index (χ1n) is 7.83. The number of aromatic nitrogens is 1. The quantitative estimate of drug-likeness (QED) is 0.702. The van der Waals surface area contributed by atoms with Crippen molar-refractivity contribution in [3.05, 3.63) is 53.8 Å². The number of cyclic esters (lactones) is 1. The van der Waals surface area contributed by atoms with Gasteiger partial charge in [-0.3, -0.25) is 0 Å². The fourth-order valence-electron chi connectivity index (χ4n) is 3.31. The molecule has 0 unspecified atom stereocenters. The van der Waals surface area contributed by atoms with Crippen molar-refractivity contribution < 1.29 is 24.1 Å². The van der Waals surface area contributed by atoms with Gasteiger partial charge in [0.2, 0.25) is 6.79 Å². The lowest BCUT2D eigenvalue weighted by atomic mass is 9.98. The molecule has 0 atom stereocenters. The highest BCUT2D eigenvalue weighted by atomic mass is 16.7. The molecule has 0 aliphatic carbocycles. The summed E-state index contributed by atoms with van der Waals surface area (Å²) in [6.45, 7) is 0.0540. The van der Waals surface area contributed by atoms with Crippen LogP contribution in [0.5, 0.6) is 11.5 Å². The van der Waals surface area contributed by atoms with Crippen molar-refractivity contribution in [3.8, 4) is 22.8 Å². The molecule has 5 rings (SSSR count). The molecule has 124 valence electrons. The molecule has 0 radical (unpaired) electrons. The summed E-state index contributed by atoms with van der Waals surface area (Å²) in [5.74, 6) is 0.653. The number of nitrogens with one attached hydrogen (secondary N) is 1. The SMILES string of the molecule is O=C1OCC(O)=C1c1c(-c2ccccc2)[nH]c2cc3c(cc12)OCO3. The van der Waals surface area contributed by atoms with Crippen LogP contribution in [-0.4, -0.2) is 29.5 Å². The molecule has 0 bridgehead atoms. The fraction of sp³-hybridized carbons (Fsp3) is 0.105. The second kappa shape index (κ2) is 5.04. The molecule has 0 saturated carbocycles. The number of H-pyrrole nitrogens is 1. The minimum Gasteiger partial charge on any atom is -0.508 e. The third-order valence-corrected chi connectivity index (χ3v) is 4.44. The van der Waals surface area contributed by atoms with E-state index in [1.807, 2.05) is 42.5 Å². The molecular weight excluding hydrogens is 322 g/mol. The smallest absolute Gasteiger partial charge is 0.342 e. The Hall–Kier alpha value is -3.41. The molecule has 0 saturated heterocycles. The van der Waals surface area contributed by atoms with E-state index in [1.165, 1.54) is 0 Å². The number of aliphatic hydroxyl groups excluding tert-OH is 1. The van der Waals surface area contributed by atoms with E-state index in [1.54, 1.807) is 0 Å². The summed E-state index contributed by atoms with van der Waals surface area (Å²) in [6.07, 6.45) is 0. The van der Waals surface area contributed by atoms with Gasteiger partial charge in [-0.1, -0.05) is 30.3 Å². The van der Waals surface area contributed by atoms with Crippen LogP contribution in [0.3, 0.4) is 0 Å². The Balaban J connectivity index is 1.86. The average molecular weight is 335 g/mol. The highest BCUT2D eigenvalue weighted by molar-refractivity contribution is 6.24. The molecule has 6 heteroatoms. The van der Waals surface area contributed by atoms with Gasteiger partial charge in [0.25, 0.3) is 0 Å². The van der Waals surface area contributed by atoms with Crippen molar-refractivity contribution in [2.24, 2.45) is 0 Å². The van der Waals surface area contributed by atoms with Crippen LogP contribution in [0.2, 0.25) is 0 Å². The van der Waals surface area contributed by atoms with Gasteiger partial charge in [-0.2, -0.15) is 0 Å². The summed E-state index contributed by atoms with van der Waals surface area (Å²) in [5.41, 5.74) is 3.22. The number of hydrogen-bond acceptors (Lipinski definition) is 5. The maximum Gasteiger partial charge on any atom is 0.342 e. The number of benzene rings is 2. The topological polar surface area (TPSA) is 80.8 Å². The van der Waals surface area contributed by atoms with E-state index in [0.717, 1.165) is 22.2 Å². The van der Waals surface area contributed by atoms with Gasteiger partial charge in [-0.15, -0.1) is 0 Å². The molecule has 2 aromatic carbocycles. The number of fused-ring (bicyclic) bond motifs is 2. The Bertz CT molecular complexity index is 1050. The number of hydrogen-bond donors (Lipinski definition) is 2. The summed E-state index contributed by atoms with van der Waals surface area (Å²) in [5, 5.41) is 11.0. The van der Waals surface area contributed by atoms with Crippen molar-refractivity contribution in [3.63, 3.8) is 0 Å². The van der Waals surface area contributed by atoms with Crippen LogP contribution >= 0.6 is 0 Å². The molecule has 0 fully saturated rings. The second-order valence-electron chi connectivity index (χ2n) is 5.89. The Morgan fingerprint density at radius 1 is 1.00 bits per heavy atom. The Morgan fingerprint density at radius 3 is 2.48 bits per heavy atom. The standard InChI is InChI=1S/C19H13NO5/c21-13-8-23-19(22)17(13)16-11-6-14-15(25-9-24-14)7-12(11)20-18(16)10-4-2-1-3-5-10/h1-7,20-21H,8-9H2. The Morgan fingerprint density at radius 2 is 1.76 bits per heavy atom. The predicted octanol–water partition coefficient (Wildman–Crippen LogP) is 3.39. The van der Waals surface area contributed by atoms with Crippen molar-refractivity contribution in [2.75, 3.05) is 13.4 Å². The van der Waals surface area contributed by atoms with Crippen LogP contribution < -0.4 is 9.47 Å². The number of carbonyl (C=O) groups excluding carboxylic acids is 1. The average Bonchev–Trinajstić information content (AvgIpc) is 3.31. The third kappa shape index (κ3) is 2.00. The molecular formula is C19H13NO5. The van der Waals surface area contributed by atoms with E-state index < -0.39 is 5.97 Å². The molecule has 2 aliphatic heterocycles. The first-order valence-corrected chi connectivity index (χ1v) is 7.83. The van der Waals surface area contributed by atoms with Gasteiger partial charge in [0.05, 0.1) is 11.2 Å². The lowest BCUT2D eigenvalue weighted by Gasteiger charge is -2.05. The van der Waals surface area contributed by atoms with E-state index >= 15 is 0 Å². The lowest BCUT2D eigenvalue weighted by Crippen LogP contribution is -1.99. The maximum absolute atomic E-state index is 12.2. The lowest BCUT2D eigenvalue weighted by molar-refractivity contribution is -0.134. The van der Waals surface area contributed by atoms with Crippen LogP contribution in [0.1, 0.15) is 5.56 Å². The first kappa shape index (κ1) is 14.0. The number of carbonyl (C=O) groups is 1.